The van der Waals surface area contributed by atoms with Crippen LogP contribution >= 0.6 is 0 Å². The van der Waals surface area contributed by atoms with E-state index in [1.807, 2.05) is 39.0 Å². The first-order valence-electron chi connectivity index (χ1n) is 18.8. The SMILES string of the molecule is Cc1ccc(OCCc2cc(C)on2)c(Cc2ccc(OCCCCc3cc(C)on3)c(-c3cc(C)ccc3OCCCCCc3cc(C)on3)c2)c1. The van der Waals surface area contributed by atoms with Crippen molar-refractivity contribution in [2.75, 3.05) is 19.8 Å². The second-order valence-electron chi connectivity index (χ2n) is 14.0. The van der Waals surface area contributed by atoms with E-state index in [2.05, 4.69) is 83.9 Å². The first-order valence-corrected chi connectivity index (χ1v) is 18.8. The fourth-order valence-corrected chi connectivity index (χ4v) is 6.44. The van der Waals surface area contributed by atoms with E-state index < -0.39 is 0 Å². The number of aromatic nitrogens is 3. The molecule has 0 spiro atoms. The predicted octanol–water partition coefficient (Wildman–Crippen LogP) is 10.3. The van der Waals surface area contributed by atoms with E-state index in [1.165, 1.54) is 5.56 Å². The van der Waals surface area contributed by atoms with Crippen LogP contribution in [-0.4, -0.2) is 35.3 Å². The summed E-state index contributed by atoms with van der Waals surface area (Å²) in [6, 6.07) is 25.2. The van der Waals surface area contributed by atoms with Gasteiger partial charge in [0.15, 0.2) is 0 Å². The van der Waals surface area contributed by atoms with Crippen molar-refractivity contribution < 1.29 is 27.8 Å². The number of aryl methyl sites for hydroxylation is 7. The molecule has 0 radical (unpaired) electrons. The molecule has 0 aliphatic carbocycles. The van der Waals surface area contributed by atoms with Crippen molar-refractivity contribution >= 4 is 0 Å². The van der Waals surface area contributed by atoms with E-state index in [0.717, 1.165) is 124 Å². The third kappa shape index (κ3) is 11.1. The zero-order valence-corrected chi connectivity index (χ0v) is 31.7. The molecular weight excluding hydrogens is 666 g/mol. The molecule has 0 unspecified atom stereocenters. The van der Waals surface area contributed by atoms with Gasteiger partial charge in [-0.3, -0.25) is 0 Å². The molecule has 0 saturated heterocycles. The van der Waals surface area contributed by atoms with Crippen molar-refractivity contribution in [2.24, 2.45) is 0 Å². The van der Waals surface area contributed by atoms with Crippen molar-refractivity contribution in [3.8, 4) is 28.4 Å². The third-order valence-corrected chi connectivity index (χ3v) is 9.15. The van der Waals surface area contributed by atoms with Crippen LogP contribution < -0.4 is 14.2 Å². The molecule has 3 aromatic carbocycles. The first-order chi connectivity index (χ1) is 25.8. The predicted molar refractivity (Wildman–Crippen MR) is 205 cm³/mol. The van der Waals surface area contributed by atoms with E-state index in [-0.39, 0.29) is 0 Å². The molecule has 6 aromatic rings. The zero-order chi connectivity index (χ0) is 37.0. The van der Waals surface area contributed by atoms with Crippen LogP contribution in [0.5, 0.6) is 17.2 Å². The van der Waals surface area contributed by atoms with Gasteiger partial charge in [0.2, 0.25) is 0 Å². The fraction of sp³-hybridized carbons (Fsp3) is 0.386. The van der Waals surface area contributed by atoms with Crippen molar-refractivity contribution in [3.05, 3.63) is 129 Å². The average Bonchev–Trinajstić information content (AvgIpc) is 3.88. The van der Waals surface area contributed by atoms with Crippen molar-refractivity contribution in [1.29, 1.82) is 0 Å². The van der Waals surface area contributed by atoms with E-state index in [0.29, 0.717) is 32.7 Å². The molecular formula is C44H51N3O6. The minimum atomic E-state index is 0.514. The van der Waals surface area contributed by atoms with Crippen LogP contribution in [0.1, 0.15) is 88.7 Å². The van der Waals surface area contributed by atoms with Gasteiger partial charge in [0.25, 0.3) is 0 Å². The maximum atomic E-state index is 6.52. The number of unbranched alkanes of at least 4 members (excludes halogenated alkanes) is 3. The van der Waals surface area contributed by atoms with E-state index in [9.17, 15) is 0 Å². The molecule has 3 aromatic heterocycles. The molecule has 0 N–H and O–H groups in total. The van der Waals surface area contributed by atoms with Gasteiger partial charge in [-0.05, 0) is 121 Å². The Labute approximate surface area is 312 Å². The molecule has 9 heteroatoms. The summed E-state index contributed by atoms with van der Waals surface area (Å²) >= 11 is 0. The highest BCUT2D eigenvalue weighted by molar-refractivity contribution is 5.77. The number of hydrogen-bond acceptors (Lipinski definition) is 9. The molecule has 0 fully saturated rings. The number of benzene rings is 3. The summed E-state index contributed by atoms with van der Waals surface area (Å²) < 4.78 is 35.0. The van der Waals surface area contributed by atoms with Gasteiger partial charge in [0.1, 0.15) is 34.5 Å². The summed E-state index contributed by atoms with van der Waals surface area (Å²) in [5.41, 5.74) is 9.57. The maximum Gasteiger partial charge on any atom is 0.133 e. The molecule has 0 aliphatic rings. The highest BCUT2D eigenvalue weighted by Crippen LogP contribution is 2.39. The molecule has 0 atom stereocenters. The minimum Gasteiger partial charge on any atom is -0.493 e. The van der Waals surface area contributed by atoms with Gasteiger partial charge in [0.05, 0.1) is 36.9 Å². The van der Waals surface area contributed by atoms with Crippen LogP contribution in [0.2, 0.25) is 0 Å². The molecule has 278 valence electrons. The highest BCUT2D eigenvalue weighted by Gasteiger charge is 2.16. The second kappa shape index (κ2) is 18.4. The van der Waals surface area contributed by atoms with Gasteiger partial charge in [-0.2, -0.15) is 0 Å². The fourth-order valence-electron chi connectivity index (χ4n) is 6.44. The third-order valence-electron chi connectivity index (χ3n) is 9.15. The Hall–Kier alpha value is -5.31. The monoisotopic (exact) mass is 717 g/mol. The average molecular weight is 718 g/mol. The van der Waals surface area contributed by atoms with Crippen LogP contribution in [0.15, 0.2) is 86.4 Å². The number of nitrogens with zero attached hydrogens (tertiary/aromatic N) is 3. The van der Waals surface area contributed by atoms with Crippen LogP contribution in [0, 0.1) is 34.6 Å². The Bertz CT molecular complexity index is 2060. The zero-order valence-electron chi connectivity index (χ0n) is 31.7. The molecule has 0 bridgehead atoms. The quantitative estimate of drug-likeness (QED) is 0.0713. The summed E-state index contributed by atoms with van der Waals surface area (Å²) in [5, 5.41) is 12.4. The number of ether oxygens (including phenoxy) is 3. The summed E-state index contributed by atoms with van der Waals surface area (Å²) in [4.78, 5) is 0. The van der Waals surface area contributed by atoms with E-state index in [1.54, 1.807) is 0 Å². The van der Waals surface area contributed by atoms with Crippen LogP contribution in [0.4, 0.5) is 0 Å². The Morgan fingerprint density at radius 3 is 1.55 bits per heavy atom. The lowest BCUT2D eigenvalue weighted by atomic mass is 9.95. The smallest absolute Gasteiger partial charge is 0.133 e. The summed E-state index contributed by atoms with van der Waals surface area (Å²) in [6.07, 6.45) is 8.05. The van der Waals surface area contributed by atoms with Crippen LogP contribution in [0.25, 0.3) is 11.1 Å². The van der Waals surface area contributed by atoms with Crippen molar-refractivity contribution in [3.63, 3.8) is 0 Å². The normalized spacial score (nSPS) is 11.3. The molecule has 9 nitrogen and oxygen atoms in total. The Kier molecular flexibility index (Phi) is 13.0. The summed E-state index contributed by atoms with van der Waals surface area (Å²) in [7, 11) is 0. The van der Waals surface area contributed by atoms with Gasteiger partial charge < -0.3 is 27.8 Å². The number of rotatable bonds is 20. The molecule has 3 heterocycles. The highest BCUT2D eigenvalue weighted by atomic mass is 16.5. The van der Waals surface area contributed by atoms with Crippen LogP contribution in [0.3, 0.4) is 0 Å². The molecule has 0 saturated carbocycles. The van der Waals surface area contributed by atoms with Crippen molar-refractivity contribution in [2.45, 2.75) is 92.4 Å². The Balaban J connectivity index is 1.18. The van der Waals surface area contributed by atoms with Gasteiger partial charge >= 0.3 is 0 Å². The number of hydrogen-bond donors (Lipinski definition) is 0. The lowest BCUT2D eigenvalue weighted by Crippen LogP contribution is -2.05. The van der Waals surface area contributed by atoms with Gasteiger partial charge in [0, 0.05) is 42.2 Å². The standard InChI is InChI=1S/C44H51N3O6/c1-30-13-16-42(50-22-19-39-27-34(5)53-47-39)36(23-30)28-35-15-18-44(49-21-10-8-12-38-26-33(4)52-46-38)41(29-35)40-24-31(2)14-17-43(40)48-20-9-6-7-11-37-25-32(3)51-45-37/h13-18,23-27,29H,6-12,19-22,28H2,1-5H3. The molecule has 53 heavy (non-hydrogen) atoms. The lowest BCUT2D eigenvalue weighted by Gasteiger charge is -2.18. The maximum absolute atomic E-state index is 6.52. The van der Waals surface area contributed by atoms with E-state index in [4.69, 9.17) is 27.8 Å². The van der Waals surface area contributed by atoms with Gasteiger partial charge in [-0.1, -0.05) is 50.9 Å². The molecule has 6 rings (SSSR count). The molecule has 0 amide bonds. The molecule has 0 aliphatic heterocycles. The lowest BCUT2D eigenvalue weighted by molar-refractivity contribution is 0.302. The van der Waals surface area contributed by atoms with Gasteiger partial charge in [-0.25, -0.2) is 0 Å². The Morgan fingerprint density at radius 1 is 0.453 bits per heavy atom. The first kappa shape index (κ1) is 37.4. The van der Waals surface area contributed by atoms with E-state index >= 15 is 0 Å². The van der Waals surface area contributed by atoms with Crippen LogP contribution in [-0.2, 0) is 25.7 Å². The Morgan fingerprint density at radius 2 is 0.943 bits per heavy atom. The van der Waals surface area contributed by atoms with Crippen molar-refractivity contribution in [1.82, 2.24) is 15.5 Å². The van der Waals surface area contributed by atoms with Gasteiger partial charge in [-0.15, -0.1) is 0 Å². The minimum absolute atomic E-state index is 0.514. The summed E-state index contributed by atoms with van der Waals surface area (Å²) in [6.45, 7) is 11.7. The summed E-state index contributed by atoms with van der Waals surface area (Å²) in [5.74, 6) is 5.06. The largest absolute Gasteiger partial charge is 0.493 e. The second-order valence-corrected chi connectivity index (χ2v) is 14.0. The topological polar surface area (TPSA) is 106 Å².